The van der Waals surface area contributed by atoms with E-state index in [1.54, 1.807) is 34.1 Å². The Labute approximate surface area is 179 Å². The molecule has 3 rings (SSSR count). The summed E-state index contributed by atoms with van der Waals surface area (Å²) in [5.41, 5.74) is 0.678. The average Bonchev–Trinajstić information content (AvgIpc) is 2.94. The minimum Gasteiger partial charge on any atom is -0.492 e. The number of carbonyl (C=O) groups excluding carboxylic acids is 1. The number of methoxy groups -OCH3 is 2. The van der Waals surface area contributed by atoms with Crippen LogP contribution >= 0.6 is 24.4 Å². The van der Waals surface area contributed by atoms with Gasteiger partial charge in [-0.25, -0.2) is 4.79 Å². The van der Waals surface area contributed by atoms with Crippen molar-refractivity contribution in [2.45, 2.75) is 24.6 Å². The lowest BCUT2D eigenvalue weighted by molar-refractivity contribution is -0.149. The third-order valence-electron chi connectivity index (χ3n) is 4.78. The molecule has 0 bridgehead atoms. The Morgan fingerprint density at radius 1 is 1.24 bits per heavy atom. The number of hydrogen-bond donors (Lipinski definition) is 2. The molecule has 1 heterocycles. The number of carboxylic acids is 1. The Balaban J connectivity index is 2.10. The van der Waals surface area contributed by atoms with Gasteiger partial charge in [-0.05, 0) is 23.4 Å². The number of benzene rings is 2. The largest absolute Gasteiger partial charge is 0.492 e. The standard InChI is InChI=1S/C21H23NO5S2/c1-11(2)16(20(24)25)22-19(23)15(29-21(22)28)10-13-9-12-7-5-6-8-14(12)18(27-4)17(13)26-3/h5-11,16,21,28H,1-4H3,(H,24,25)/b15-10-. The van der Waals surface area contributed by atoms with Gasteiger partial charge >= 0.3 is 5.97 Å². The minimum absolute atomic E-state index is 0.249. The van der Waals surface area contributed by atoms with Crippen LogP contribution in [-0.2, 0) is 9.59 Å². The van der Waals surface area contributed by atoms with Gasteiger partial charge in [0, 0.05) is 10.9 Å². The highest BCUT2D eigenvalue weighted by atomic mass is 32.2. The summed E-state index contributed by atoms with van der Waals surface area (Å²) in [6.45, 7) is 3.55. The molecule has 29 heavy (non-hydrogen) atoms. The van der Waals surface area contributed by atoms with Gasteiger partial charge in [-0.15, -0.1) is 12.6 Å². The second-order valence-electron chi connectivity index (χ2n) is 6.95. The number of nitrogens with zero attached hydrogens (tertiary/aromatic N) is 1. The molecule has 8 heteroatoms. The molecular weight excluding hydrogens is 410 g/mol. The van der Waals surface area contributed by atoms with Gasteiger partial charge in [0.15, 0.2) is 11.5 Å². The first-order valence-electron chi connectivity index (χ1n) is 9.05. The number of rotatable bonds is 6. The zero-order valence-electron chi connectivity index (χ0n) is 16.6. The number of hydrogen-bond acceptors (Lipinski definition) is 6. The monoisotopic (exact) mass is 433 g/mol. The van der Waals surface area contributed by atoms with Crippen LogP contribution in [0.15, 0.2) is 35.2 Å². The fourth-order valence-electron chi connectivity index (χ4n) is 3.51. The Bertz CT molecular complexity index is 988. The highest BCUT2D eigenvalue weighted by molar-refractivity contribution is 8.14. The van der Waals surface area contributed by atoms with Crippen LogP contribution in [0, 0.1) is 5.92 Å². The molecule has 1 N–H and O–H groups in total. The molecule has 0 saturated carbocycles. The third-order valence-corrected chi connectivity index (χ3v) is 6.33. The molecule has 2 aromatic carbocycles. The van der Waals surface area contributed by atoms with Crippen molar-refractivity contribution in [2.75, 3.05) is 14.2 Å². The van der Waals surface area contributed by atoms with E-state index in [9.17, 15) is 14.7 Å². The van der Waals surface area contributed by atoms with Gasteiger partial charge in [-0.3, -0.25) is 4.79 Å². The van der Waals surface area contributed by atoms with Crippen molar-refractivity contribution in [3.05, 3.63) is 40.8 Å². The molecule has 0 spiro atoms. The maximum atomic E-state index is 13.0. The van der Waals surface area contributed by atoms with Crippen molar-refractivity contribution in [1.29, 1.82) is 0 Å². The van der Waals surface area contributed by atoms with Crippen molar-refractivity contribution >= 4 is 53.1 Å². The Morgan fingerprint density at radius 2 is 1.90 bits per heavy atom. The topological polar surface area (TPSA) is 76.1 Å². The summed E-state index contributed by atoms with van der Waals surface area (Å²) in [4.78, 5) is 26.5. The van der Waals surface area contributed by atoms with Crippen molar-refractivity contribution in [3.63, 3.8) is 0 Å². The van der Waals surface area contributed by atoms with E-state index in [1.165, 1.54) is 16.7 Å². The van der Waals surface area contributed by atoms with Gasteiger partial charge in [0.2, 0.25) is 0 Å². The molecule has 2 aromatic rings. The molecule has 1 aliphatic rings. The zero-order valence-corrected chi connectivity index (χ0v) is 18.3. The number of aliphatic carboxylic acids is 1. The summed E-state index contributed by atoms with van der Waals surface area (Å²) in [5.74, 6) is -0.552. The van der Waals surface area contributed by atoms with E-state index >= 15 is 0 Å². The van der Waals surface area contributed by atoms with Crippen molar-refractivity contribution in [1.82, 2.24) is 4.90 Å². The molecule has 2 atom stereocenters. The molecule has 2 unspecified atom stereocenters. The Hall–Kier alpha value is -2.32. The number of carbonyl (C=O) groups is 2. The molecule has 0 aromatic heterocycles. The molecular formula is C21H23NO5S2. The van der Waals surface area contributed by atoms with Crippen LogP contribution in [0.3, 0.4) is 0 Å². The fourth-order valence-corrected chi connectivity index (χ4v) is 5.07. The lowest BCUT2D eigenvalue weighted by Crippen LogP contribution is -2.47. The molecule has 154 valence electrons. The smallest absolute Gasteiger partial charge is 0.326 e. The van der Waals surface area contributed by atoms with E-state index in [2.05, 4.69) is 12.6 Å². The molecule has 0 radical (unpaired) electrons. The van der Waals surface area contributed by atoms with Crippen LogP contribution in [0.1, 0.15) is 19.4 Å². The normalized spacial score (nSPS) is 19.2. The van der Waals surface area contributed by atoms with Crippen LogP contribution < -0.4 is 9.47 Å². The summed E-state index contributed by atoms with van der Waals surface area (Å²) in [6.07, 6.45) is 1.71. The Morgan fingerprint density at radius 3 is 2.48 bits per heavy atom. The third kappa shape index (κ3) is 3.91. The second-order valence-corrected chi connectivity index (χ2v) is 8.91. The van der Waals surface area contributed by atoms with Gasteiger partial charge in [-0.1, -0.05) is 49.9 Å². The van der Waals surface area contributed by atoms with E-state index in [-0.39, 0.29) is 11.8 Å². The number of amides is 1. The molecule has 1 aliphatic heterocycles. The first-order chi connectivity index (χ1) is 13.8. The predicted octanol–water partition coefficient (Wildman–Crippen LogP) is 4.10. The lowest BCUT2D eigenvalue weighted by Gasteiger charge is -2.29. The molecule has 1 fully saturated rings. The van der Waals surface area contributed by atoms with Crippen molar-refractivity contribution < 1.29 is 24.2 Å². The van der Waals surface area contributed by atoms with Gasteiger partial charge in [-0.2, -0.15) is 0 Å². The first kappa shape index (κ1) is 21.4. The van der Waals surface area contributed by atoms with Crippen molar-refractivity contribution in [3.8, 4) is 11.5 Å². The second kappa shape index (κ2) is 8.59. The van der Waals surface area contributed by atoms with E-state index < -0.39 is 16.7 Å². The van der Waals surface area contributed by atoms with Gasteiger partial charge in [0.25, 0.3) is 5.91 Å². The average molecular weight is 434 g/mol. The number of thioether (sulfide) groups is 1. The minimum atomic E-state index is -1.04. The molecule has 1 amide bonds. The summed E-state index contributed by atoms with van der Waals surface area (Å²) in [7, 11) is 3.12. The number of fused-ring (bicyclic) bond motifs is 1. The number of thiol groups is 1. The highest BCUT2D eigenvalue weighted by Gasteiger charge is 2.43. The SMILES string of the molecule is COc1c(/C=C2\SC(S)N(C(C(=O)O)C(C)C)C2=O)cc2ccccc2c1OC. The van der Waals surface area contributed by atoms with E-state index in [4.69, 9.17) is 9.47 Å². The summed E-state index contributed by atoms with van der Waals surface area (Å²) >= 11 is 5.68. The maximum Gasteiger partial charge on any atom is 0.326 e. The van der Waals surface area contributed by atoms with E-state index in [0.29, 0.717) is 22.0 Å². The zero-order chi connectivity index (χ0) is 21.3. The first-order valence-corrected chi connectivity index (χ1v) is 10.4. The van der Waals surface area contributed by atoms with Crippen LogP contribution in [0.2, 0.25) is 0 Å². The van der Waals surface area contributed by atoms with Crippen molar-refractivity contribution in [2.24, 2.45) is 5.92 Å². The van der Waals surface area contributed by atoms with Gasteiger partial charge in [0.1, 0.15) is 10.7 Å². The van der Waals surface area contributed by atoms with Gasteiger partial charge < -0.3 is 19.5 Å². The number of carboxylic acid groups (broad SMARTS) is 1. The van der Waals surface area contributed by atoms with E-state index in [1.807, 2.05) is 30.3 Å². The van der Waals surface area contributed by atoms with Crippen LogP contribution in [0.25, 0.3) is 16.8 Å². The number of ether oxygens (including phenoxy) is 2. The molecule has 0 aliphatic carbocycles. The van der Waals surface area contributed by atoms with Crippen LogP contribution in [0.5, 0.6) is 11.5 Å². The quantitative estimate of drug-likeness (QED) is 0.528. The molecule has 6 nitrogen and oxygen atoms in total. The molecule has 1 saturated heterocycles. The summed E-state index contributed by atoms with van der Waals surface area (Å²) < 4.78 is 10.6. The van der Waals surface area contributed by atoms with Crippen LogP contribution in [-0.4, -0.2) is 46.9 Å². The predicted molar refractivity (Wildman–Crippen MR) is 119 cm³/mol. The summed E-state index contributed by atoms with van der Waals surface area (Å²) in [5, 5.41) is 11.4. The van der Waals surface area contributed by atoms with Gasteiger partial charge in [0.05, 0.1) is 19.1 Å². The fraction of sp³-hybridized carbons (Fsp3) is 0.333. The van der Waals surface area contributed by atoms with E-state index in [0.717, 1.165) is 10.8 Å². The summed E-state index contributed by atoms with van der Waals surface area (Å²) in [6, 6.07) is 8.71. The maximum absolute atomic E-state index is 13.0. The lowest BCUT2D eigenvalue weighted by atomic mass is 10.0. The highest BCUT2D eigenvalue weighted by Crippen LogP contribution is 2.44. The Kier molecular flexibility index (Phi) is 6.33. The van der Waals surface area contributed by atoms with Crippen LogP contribution in [0.4, 0.5) is 0 Å².